The lowest BCUT2D eigenvalue weighted by molar-refractivity contribution is 0.0838. The molecule has 8 heteroatoms. The molecule has 3 aliphatic rings. The highest BCUT2D eigenvalue weighted by Crippen LogP contribution is 2.42. The Balaban J connectivity index is 1.35. The third-order valence-electron chi connectivity index (χ3n) is 6.78. The second kappa shape index (κ2) is 8.76. The molecule has 1 unspecified atom stereocenters. The fourth-order valence-corrected chi connectivity index (χ4v) is 4.96. The van der Waals surface area contributed by atoms with Crippen LogP contribution in [0.2, 0.25) is 0 Å². The zero-order chi connectivity index (χ0) is 23.0. The Bertz CT molecular complexity index is 1090. The Hall–Kier alpha value is -2.97. The minimum atomic E-state index is -0.731. The summed E-state index contributed by atoms with van der Waals surface area (Å²) in [5, 5.41) is 13.3. The van der Waals surface area contributed by atoms with Gasteiger partial charge in [-0.25, -0.2) is 9.98 Å². The van der Waals surface area contributed by atoms with Crippen molar-refractivity contribution in [2.45, 2.75) is 44.1 Å². The van der Waals surface area contributed by atoms with Crippen LogP contribution in [0.4, 0.5) is 11.5 Å². The molecule has 2 N–H and O–H groups in total. The quantitative estimate of drug-likeness (QED) is 0.744. The number of pyridine rings is 1. The molecule has 1 aromatic carbocycles. The van der Waals surface area contributed by atoms with E-state index < -0.39 is 5.60 Å². The number of carbonyl (C=O) groups excluding carboxylic acids is 1. The Morgan fingerprint density at radius 2 is 2.12 bits per heavy atom. The second-order valence-corrected chi connectivity index (χ2v) is 9.33. The van der Waals surface area contributed by atoms with Crippen LogP contribution in [0.25, 0.3) is 0 Å². The topological polar surface area (TPSA) is 96.3 Å². The molecule has 3 aliphatic heterocycles. The first-order valence-corrected chi connectivity index (χ1v) is 11.5. The number of aliphatic hydroxyl groups is 1. The van der Waals surface area contributed by atoms with Gasteiger partial charge in [0.25, 0.3) is 5.91 Å². The summed E-state index contributed by atoms with van der Waals surface area (Å²) in [5.74, 6) is 2.29. The summed E-state index contributed by atoms with van der Waals surface area (Å²) in [5.41, 5.74) is 2.93. The summed E-state index contributed by atoms with van der Waals surface area (Å²) in [6, 6.07) is 7.57. The minimum absolute atomic E-state index is 0.220. The van der Waals surface area contributed by atoms with Crippen LogP contribution in [0.15, 0.2) is 35.5 Å². The van der Waals surface area contributed by atoms with Gasteiger partial charge in [0.05, 0.1) is 18.4 Å². The number of carbonyl (C=O) groups is 1. The van der Waals surface area contributed by atoms with E-state index in [1.165, 1.54) is 5.56 Å². The minimum Gasteiger partial charge on any atom is -0.496 e. The van der Waals surface area contributed by atoms with Crippen molar-refractivity contribution in [3.05, 3.63) is 47.2 Å². The van der Waals surface area contributed by atoms with E-state index >= 15 is 0 Å². The average Bonchev–Trinajstić information content (AvgIpc) is 3.41. The molecule has 0 aliphatic carbocycles. The molecular weight excluding hydrogens is 420 g/mol. The van der Waals surface area contributed by atoms with Crippen LogP contribution in [-0.2, 0) is 11.2 Å². The van der Waals surface area contributed by atoms with Gasteiger partial charge in [0.15, 0.2) is 0 Å². The third kappa shape index (κ3) is 4.45. The van der Waals surface area contributed by atoms with Gasteiger partial charge in [0.1, 0.15) is 17.4 Å². The van der Waals surface area contributed by atoms with E-state index in [1.54, 1.807) is 25.4 Å². The monoisotopic (exact) mass is 450 g/mol. The first-order valence-electron chi connectivity index (χ1n) is 11.5. The largest absolute Gasteiger partial charge is 0.496 e. The van der Waals surface area contributed by atoms with E-state index in [-0.39, 0.29) is 5.91 Å². The Morgan fingerprint density at radius 1 is 1.30 bits per heavy atom. The van der Waals surface area contributed by atoms with Crippen LogP contribution in [0, 0.1) is 0 Å². The van der Waals surface area contributed by atoms with Gasteiger partial charge in [0, 0.05) is 50.0 Å². The zero-order valence-corrected chi connectivity index (χ0v) is 19.1. The lowest BCUT2D eigenvalue weighted by atomic mass is 9.89. The molecule has 0 spiro atoms. The molecule has 8 nitrogen and oxygen atoms in total. The number of benzene rings is 1. The number of fused-ring (bicyclic) bond motifs is 1. The maximum atomic E-state index is 13.1. The fourth-order valence-electron chi connectivity index (χ4n) is 4.96. The predicted molar refractivity (Wildman–Crippen MR) is 126 cm³/mol. The standard InChI is InChI=1S/C25H30N4O4/c1-25(31)8-10-29(15-25)22-13-17(5-9-26-22)24(30)28-21-14-19-20(32-2)4-3-18(23(19)27-21)16-6-11-33-12-7-16/h3-5,9,13,16,31H,6-8,10-12,14-15H2,1-2H3,(H,27,28,30). The van der Waals surface area contributed by atoms with Gasteiger partial charge in [-0.15, -0.1) is 0 Å². The number of aromatic nitrogens is 1. The molecule has 1 atom stereocenters. The molecule has 174 valence electrons. The number of rotatable bonds is 4. The van der Waals surface area contributed by atoms with Crippen LogP contribution >= 0.6 is 0 Å². The number of amidine groups is 1. The highest BCUT2D eigenvalue weighted by molar-refractivity contribution is 6.09. The number of hydrogen-bond acceptors (Lipinski definition) is 7. The van der Waals surface area contributed by atoms with Crippen LogP contribution in [0.3, 0.4) is 0 Å². The van der Waals surface area contributed by atoms with Crippen LogP contribution in [0.5, 0.6) is 5.75 Å². The predicted octanol–water partition coefficient (Wildman–Crippen LogP) is 2.96. The van der Waals surface area contributed by atoms with Crippen molar-refractivity contribution in [3.63, 3.8) is 0 Å². The Morgan fingerprint density at radius 3 is 2.85 bits per heavy atom. The van der Waals surface area contributed by atoms with Gasteiger partial charge in [0.2, 0.25) is 0 Å². The van der Waals surface area contributed by atoms with Gasteiger partial charge in [-0.2, -0.15) is 0 Å². The summed E-state index contributed by atoms with van der Waals surface area (Å²) >= 11 is 0. The van der Waals surface area contributed by atoms with Crippen molar-refractivity contribution in [3.8, 4) is 5.75 Å². The molecule has 2 aromatic rings. The zero-order valence-electron chi connectivity index (χ0n) is 19.1. The molecule has 2 fully saturated rings. The van der Waals surface area contributed by atoms with Crippen molar-refractivity contribution in [2.75, 3.05) is 38.3 Å². The van der Waals surface area contributed by atoms with Crippen molar-refractivity contribution < 1.29 is 19.4 Å². The van der Waals surface area contributed by atoms with E-state index in [2.05, 4.69) is 16.4 Å². The smallest absolute Gasteiger partial charge is 0.256 e. The number of nitrogens with one attached hydrogen (secondary N) is 1. The van der Waals surface area contributed by atoms with E-state index in [0.29, 0.717) is 49.1 Å². The fraction of sp³-hybridized carbons (Fsp3) is 0.480. The number of aliphatic imine (C=N–C) groups is 1. The summed E-state index contributed by atoms with van der Waals surface area (Å²) in [4.78, 5) is 24.3. The molecule has 1 aromatic heterocycles. The molecule has 0 saturated carbocycles. The molecule has 1 amide bonds. The maximum Gasteiger partial charge on any atom is 0.256 e. The van der Waals surface area contributed by atoms with Crippen molar-refractivity contribution in [2.24, 2.45) is 4.99 Å². The van der Waals surface area contributed by atoms with Gasteiger partial charge in [-0.3, -0.25) is 4.79 Å². The average molecular weight is 451 g/mol. The van der Waals surface area contributed by atoms with E-state index in [4.69, 9.17) is 14.5 Å². The first kappa shape index (κ1) is 21.9. The Kier molecular flexibility index (Phi) is 5.80. The highest BCUT2D eigenvalue weighted by atomic mass is 16.5. The number of anilines is 1. The highest BCUT2D eigenvalue weighted by Gasteiger charge is 2.32. The van der Waals surface area contributed by atoms with E-state index in [0.717, 1.165) is 43.1 Å². The molecular formula is C25H30N4O4. The van der Waals surface area contributed by atoms with Crippen molar-refractivity contribution in [1.29, 1.82) is 0 Å². The second-order valence-electron chi connectivity index (χ2n) is 9.33. The van der Waals surface area contributed by atoms with Crippen LogP contribution < -0.4 is 15.0 Å². The number of ether oxygens (including phenoxy) is 2. The lowest BCUT2D eigenvalue weighted by Crippen LogP contribution is -2.32. The van der Waals surface area contributed by atoms with Crippen LogP contribution in [-0.4, -0.2) is 60.8 Å². The molecule has 2 saturated heterocycles. The SMILES string of the molecule is COc1ccc(C2CCOCC2)c2c1CC(NC(=O)c1ccnc(N3CCC(C)(O)C3)c1)=N2. The normalized spacial score (nSPS) is 22.8. The Labute approximate surface area is 193 Å². The number of amides is 1. The summed E-state index contributed by atoms with van der Waals surface area (Å²) < 4.78 is 11.1. The van der Waals surface area contributed by atoms with Gasteiger partial charge in [-0.05, 0) is 55.9 Å². The van der Waals surface area contributed by atoms with Gasteiger partial charge in [-0.1, -0.05) is 6.07 Å². The van der Waals surface area contributed by atoms with Crippen LogP contribution in [0.1, 0.15) is 53.6 Å². The number of hydrogen-bond donors (Lipinski definition) is 2. The molecule has 0 radical (unpaired) electrons. The van der Waals surface area contributed by atoms with Gasteiger partial charge >= 0.3 is 0 Å². The number of nitrogens with zero attached hydrogens (tertiary/aromatic N) is 3. The molecule has 4 heterocycles. The summed E-state index contributed by atoms with van der Waals surface area (Å²) in [6.07, 6.45) is 4.78. The number of β-amino-alcohol motifs (C(OH)–C–C–N with tert-alkyl or cyclic N) is 1. The van der Waals surface area contributed by atoms with Crippen molar-refractivity contribution >= 4 is 23.2 Å². The molecule has 33 heavy (non-hydrogen) atoms. The molecule has 0 bridgehead atoms. The van der Waals surface area contributed by atoms with E-state index in [1.807, 2.05) is 17.9 Å². The van der Waals surface area contributed by atoms with Crippen molar-refractivity contribution in [1.82, 2.24) is 10.3 Å². The molecule has 5 rings (SSSR count). The van der Waals surface area contributed by atoms with Gasteiger partial charge < -0.3 is 24.8 Å². The summed E-state index contributed by atoms with van der Waals surface area (Å²) in [7, 11) is 1.66. The first-order chi connectivity index (χ1) is 15.9. The van der Waals surface area contributed by atoms with E-state index in [9.17, 15) is 9.90 Å². The lowest BCUT2D eigenvalue weighted by Gasteiger charge is -2.24. The maximum absolute atomic E-state index is 13.1. The third-order valence-corrected chi connectivity index (χ3v) is 6.78. The summed E-state index contributed by atoms with van der Waals surface area (Å²) in [6.45, 7) is 4.55. The number of methoxy groups -OCH3 is 1.